The molecular formula is C19H17N3O4S. The van der Waals surface area contributed by atoms with Crippen molar-refractivity contribution in [2.45, 2.75) is 11.9 Å². The van der Waals surface area contributed by atoms with Gasteiger partial charge in [0.2, 0.25) is 0 Å². The van der Waals surface area contributed by atoms with E-state index in [4.69, 9.17) is 9.15 Å². The number of methoxy groups -OCH3 is 1. The van der Waals surface area contributed by atoms with Crippen molar-refractivity contribution >= 4 is 29.3 Å². The number of nitrogens with one attached hydrogen (secondary N) is 1. The lowest BCUT2D eigenvalue weighted by atomic mass is 10.2. The molecule has 0 saturated heterocycles. The monoisotopic (exact) mass is 383 g/mol. The van der Waals surface area contributed by atoms with Crippen LogP contribution in [-0.4, -0.2) is 35.2 Å². The van der Waals surface area contributed by atoms with Gasteiger partial charge in [-0.15, -0.1) is 11.8 Å². The Hall–Kier alpha value is -3.13. The molecule has 0 radical (unpaired) electrons. The summed E-state index contributed by atoms with van der Waals surface area (Å²) in [4.78, 5) is 33.3. The first kappa shape index (κ1) is 18.7. The van der Waals surface area contributed by atoms with Gasteiger partial charge in [0.25, 0.3) is 5.91 Å². The fourth-order valence-corrected chi connectivity index (χ4v) is 3.13. The molecule has 7 nitrogen and oxygen atoms in total. The number of carbonyl (C=O) groups excluding carboxylic acids is 2. The number of rotatable bonds is 5. The van der Waals surface area contributed by atoms with Gasteiger partial charge >= 0.3 is 5.97 Å². The third-order valence-corrected chi connectivity index (χ3v) is 4.44. The molecule has 0 unspecified atom stereocenters. The molecule has 3 aromatic rings. The number of furan rings is 1. The van der Waals surface area contributed by atoms with Crippen molar-refractivity contribution in [2.75, 3.05) is 18.7 Å². The summed E-state index contributed by atoms with van der Waals surface area (Å²) in [6, 6.07) is 10.0. The number of aryl methyl sites for hydroxylation is 1. The first-order valence-electron chi connectivity index (χ1n) is 7.99. The van der Waals surface area contributed by atoms with Crippen molar-refractivity contribution in [3.05, 3.63) is 59.5 Å². The van der Waals surface area contributed by atoms with Crippen molar-refractivity contribution in [3.63, 3.8) is 0 Å². The zero-order valence-corrected chi connectivity index (χ0v) is 15.8. The Balaban J connectivity index is 1.92. The van der Waals surface area contributed by atoms with Crippen LogP contribution in [0.25, 0.3) is 11.6 Å². The number of aromatic nitrogens is 2. The van der Waals surface area contributed by atoms with Gasteiger partial charge in [0.15, 0.2) is 11.6 Å². The Morgan fingerprint density at radius 2 is 2.00 bits per heavy atom. The van der Waals surface area contributed by atoms with Gasteiger partial charge in [0.05, 0.1) is 30.2 Å². The number of hydrogen-bond donors (Lipinski definition) is 1. The van der Waals surface area contributed by atoms with E-state index in [0.717, 1.165) is 0 Å². The van der Waals surface area contributed by atoms with Gasteiger partial charge in [-0.3, -0.25) is 4.79 Å². The summed E-state index contributed by atoms with van der Waals surface area (Å²) in [6.07, 6.45) is 3.38. The molecule has 0 fully saturated rings. The Labute approximate surface area is 160 Å². The molecule has 0 saturated carbocycles. The fourth-order valence-electron chi connectivity index (χ4n) is 2.51. The minimum absolute atomic E-state index is 0.349. The molecule has 1 amide bonds. The van der Waals surface area contributed by atoms with Crippen LogP contribution in [0.4, 0.5) is 5.69 Å². The topological polar surface area (TPSA) is 94.3 Å². The van der Waals surface area contributed by atoms with Crippen molar-refractivity contribution in [2.24, 2.45) is 0 Å². The van der Waals surface area contributed by atoms with Crippen LogP contribution in [0.5, 0.6) is 0 Å². The second kappa shape index (κ2) is 8.05. The maximum Gasteiger partial charge on any atom is 0.337 e. The lowest BCUT2D eigenvalue weighted by Gasteiger charge is -2.12. The van der Waals surface area contributed by atoms with Gasteiger partial charge < -0.3 is 14.5 Å². The molecule has 1 N–H and O–H groups in total. The van der Waals surface area contributed by atoms with Crippen LogP contribution >= 0.6 is 11.8 Å². The molecule has 0 aliphatic carbocycles. The number of esters is 1. The maximum absolute atomic E-state index is 12.8. The predicted molar refractivity (Wildman–Crippen MR) is 102 cm³/mol. The molecule has 0 aliphatic heterocycles. The third kappa shape index (κ3) is 4.01. The van der Waals surface area contributed by atoms with Crippen LogP contribution in [-0.2, 0) is 4.74 Å². The van der Waals surface area contributed by atoms with E-state index in [-0.39, 0.29) is 5.91 Å². The molecule has 0 bridgehead atoms. The van der Waals surface area contributed by atoms with E-state index in [2.05, 4.69) is 15.3 Å². The zero-order chi connectivity index (χ0) is 19.4. The van der Waals surface area contributed by atoms with E-state index in [1.54, 1.807) is 49.6 Å². The number of ether oxygens (including phenoxy) is 1. The summed E-state index contributed by atoms with van der Waals surface area (Å²) in [7, 11) is 1.31. The van der Waals surface area contributed by atoms with Crippen LogP contribution in [0.3, 0.4) is 0 Å². The van der Waals surface area contributed by atoms with Gasteiger partial charge in [0.1, 0.15) is 5.03 Å². The Bertz CT molecular complexity index is 987. The highest BCUT2D eigenvalue weighted by molar-refractivity contribution is 7.98. The third-order valence-electron chi connectivity index (χ3n) is 3.76. The van der Waals surface area contributed by atoms with Crippen LogP contribution in [0.2, 0.25) is 0 Å². The summed E-state index contributed by atoms with van der Waals surface area (Å²) in [5.74, 6) is 0.125. The van der Waals surface area contributed by atoms with E-state index >= 15 is 0 Å². The van der Waals surface area contributed by atoms with Crippen LogP contribution in [0.15, 0.2) is 52.1 Å². The van der Waals surface area contributed by atoms with E-state index < -0.39 is 5.97 Å². The van der Waals surface area contributed by atoms with Gasteiger partial charge in [-0.1, -0.05) is 6.07 Å². The number of nitrogens with zero attached hydrogens (tertiary/aromatic N) is 2. The van der Waals surface area contributed by atoms with E-state index in [0.29, 0.717) is 39.1 Å². The molecule has 1 aromatic carbocycles. The Kier molecular flexibility index (Phi) is 5.56. The number of carbonyl (C=O) groups is 2. The minimum Gasteiger partial charge on any atom is -0.465 e. The van der Waals surface area contributed by atoms with Gasteiger partial charge in [-0.25, -0.2) is 14.8 Å². The smallest absolute Gasteiger partial charge is 0.337 e. The fraction of sp³-hybridized carbons (Fsp3) is 0.158. The lowest BCUT2D eigenvalue weighted by Crippen LogP contribution is -2.17. The highest BCUT2D eigenvalue weighted by Crippen LogP contribution is 2.26. The molecule has 2 heterocycles. The van der Waals surface area contributed by atoms with E-state index in [1.165, 1.54) is 18.9 Å². The molecule has 0 spiro atoms. The van der Waals surface area contributed by atoms with Crippen LogP contribution in [0, 0.1) is 6.92 Å². The zero-order valence-electron chi connectivity index (χ0n) is 15.0. The minimum atomic E-state index is -0.474. The summed E-state index contributed by atoms with van der Waals surface area (Å²) in [5, 5.41) is 3.32. The van der Waals surface area contributed by atoms with Crippen LogP contribution < -0.4 is 5.32 Å². The highest BCUT2D eigenvalue weighted by Gasteiger charge is 2.20. The molecule has 3 rings (SSSR count). The molecule has 0 atom stereocenters. The van der Waals surface area contributed by atoms with Crippen molar-refractivity contribution < 1.29 is 18.7 Å². The molecule has 2 aromatic heterocycles. The maximum atomic E-state index is 12.8. The molecule has 27 heavy (non-hydrogen) atoms. The summed E-state index contributed by atoms with van der Waals surface area (Å²) < 4.78 is 10.0. The molecule has 138 valence electrons. The second-order valence-electron chi connectivity index (χ2n) is 5.52. The Morgan fingerprint density at radius 1 is 1.19 bits per heavy atom. The number of thioether (sulfide) groups is 1. The molecule has 8 heteroatoms. The summed E-state index contributed by atoms with van der Waals surface area (Å²) >= 11 is 1.34. The average molecular weight is 383 g/mol. The van der Waals surface area contributed by atoms with Crippen molar-refractivity contribution in [1.29, 1.82) is 0 Å². The SMILES string of the molecule is COC(=O)c1cccc(NC(=O)c2c(C)nc(-c3ccco3)nc2SC)c1. The standard InChI is InChI=1S/C19H17N3O4S/c1-11-15(18(27-3)22-16(20-11)14-8-5-9-26-14)17(23)21-13-7-4-6-12(10-13)19(24)25-2/h4-10H,1-3H3,(H,21,23). The molecule has 0 aliphatic rings. The largest absolute Gasteiger partial charge is 0.465 e. The van der Waals surface area contributed by atoms with Crippen molar-refractivity contribution in [3.8, 4) is 11.6 Å². The van der Waals surface area contributed by atoms with Gasteiger partial charge in [0, 0.05) is 5.69 Å². The predicted octanol–water partition coefficient (Wildman–Crippen LogP) is 3.81. The highest BCUT2D eigenvalue weighted by atomic mass is 32.2. The normalized spacial score (nSPS) is 10.5. The second-order valence-corrected chi connectivity index (χ2v) is 6.32. The quantitative estimate of drug-likeness (QED) is 0.407. The van der Waals surface area contributed by atoms with E-state index in [1.807, 2.05) is 6.26 Å². The average Bonchev–Trinajstić information content (AvgIpc) is 3.21. The Morgan fingerprint density at radius 3 is 2.67 bits per heavy atom. The molecular weight excluding hydrogens is 366 g/mol. The number of benzene rings is 1. The first-order valence-corrected chi connectivity index (χ1v) is 9.22. The van der Waals surface area contributed by atoms with Gasteiger partial charge in [-0.2, -0.15) is 0 Å². The number of anilines is 1. The summed E-state index contributed by atoms with van der Waals surface area (Å²) in [6.45, 7) is 1.74. The number of amides is 1. The van der Waals surface area contributed by atoms with Crippen LogP contribution in [0.1, 0.15) is 26.4 Å². The lowest BCUT2D eigenvalue weighted by molar-refractivity contribution is 0.0600. The van der Waals surface area contributed by atoms with E-state index in [9.17, 15) is 9.59 Å². The summed E-state index contributed by atoms with van der Waals surface area (Å²) in [5.41, 5.74) is 1.73. The van der Waals surface area contributed by atoms with Crippen molar-refractivity contribution in [1.82, 2.24) is 9.97 Å². The first-order chi connectivity index (χ1) is 13.0. The van der Waals surface area contributed by atoms with Gasteiger partial charge in [-0.05, 0) is 43.5 Å². The number of hydrogen-bond acceptors (Lipinski definition) is 7.